The van der Waals surface area contributed by atoms with Crippen LogP contribution in [0.3, 0.4) is 0 Å². The Hall–Kier alpha value is -5.36. The van der Waals surface area contributed by atoms with Crippen molar-refractivity contribution in [2.75, 3.05) is 0 Å². The minimum absolute atomic E-state index is 0.545. The number of benzene rings is 3. The van der Waals surface area contributed by atoms with Crippen LogP contribution in [0.4, 0.5) is 0 Å². The highest BCUT2D eigenvalue weighted by Crippen LogP contribution is 2.36. The maximum atomic E-state index is 5.05. The van der Waals surface area contributed by atoms with Gasteiger partial charge in [0.1, 0.15) is 22.4 Å². The predicted octanol–water partition coefficient (Wildman–Crippen LogP) is 7.03. The SMILES string of the molecule is c1ccc(-c2nc(-c3ccccn3)nc3c2ccc2c(-c4ccccc4)nc(-c4ccccn4)nc23)cc1. The summed E-state index contributed by atoms with van der Waals surface area (Å²) in [6.45, 7) is 0. The van der Waals surface area contributed by atoms with Gasteiger partial charge in [0.2, 0.25) is 0 Å². The second kappa shape index (κ2) is 9.26. The number of aromatic nitrogens is 6. The number of nitrogens with zero attached hydrogens (tertiary/aromatic N) is 6. The summed E-state index contributed by atoms with van der Waals surface area (Å²) >= 11 is 0. The molecule has 0 fully saturated rings. The van der Waals surface area contributed by atoms with Crippen molar-refractivity contribution in [1.29, 1.82) is 0 Å². The second-order valence-corrected chi connectivity index (χ2v) is 8.81. The maximum absolute atomic E-state index is 5.05. The molecule has 6 heteroatoms. The molecule has 0 aliphatic carbocycles. The highest BCUT2D eigenvalue weighted by atomic mass is 15.0. The molecule has 0 bridgehead atoms. The van der Waals surface area contributed by atoms with Gasteiger partial charge in [-0.05, 0) is 36.4 Å². The van der Waals surface area contributed by atoms with Crippen molar-refractivity contribution in [2.24, 2.45) is 0 Å². The molecule has 4 heterocycles. The zero-order chi connectivity index (χ0) is 25.3. The number of rotatable bonds is 4. The first-order valence-electron chi connectivity index (χ1n) is 12.3. The van der Waals surface area contributed by atoms with Gasteiger partial charge in [0.05, 0.1) is 11.4 Å². The minimum atomic E-state index is 0.545. The highest BCUT2D eigenvalue weighted by molar-refractivity contribution is 6.11. The smallest absolute Gasteiger partial charge is 0.179 e. The summed E-state index contributed by atoms with van der Waals surface area (Å²) in [6, 6.07) is 35.9. The van der Waals surface area contributed by atoms with Crippen molar-refractivity contribution in [3.63, 3.8) is 0 Å². The van der Waals surface area contributed by atoms with Gasteiger partial charge in [-0.3, -0.25) is 9.97 Å². The molecule has 3 aromatic carbocycles. The first kappa shape index (κ1) is 21.9. The van der Waals surface area contributed by atoms with Crippen LogP contribution in [0.25, 0.3) is 67.4 Å². The number of pyridine rings is 2. The first-order valence-corrected chi connectivity index (χ1v) is 12.3. The van der Waals surface area contributed by atoms with Crippen molar-refractivity contribution < 1.29 is 0 Å². The van der Waals surface area contributed by atoms with E-state index in [0.29, 0.717) is 23.0 Å². The van der Waals surface area contributed by atoms with Gasteiger partial charge in [0.15, 0.2) is 11.6 Å². The second-order valence-electron chi connectivity index (χ2n) is 8.81. The summed E-state index contributed by atoms with van der Waals surface area (Å²) in [5.41, 5.74) is 6.55. The zero-order valence-corrected chi connectivity index (χ0v) is 20.2. The van der Waals surface area contributed by atoms with E-state index in [0.717, 1.165) is 44.3 Å². The largest absolute Gasteiger partial charge is 0.253 e. The Kier molecular flexibility index (Phi) is 5.33. The Morgan fingerprint density at radius 1 is 0.368 bits per heavy atom. The van der Waals surface area contributed by atoms with Crippen molar-refractivity contribution in [2.45, 2.75) is 0 Å². The van der Waals surface area contributed by atoms with Crippen LogP contribution >= 0.6 is 0 Å². The van der Waals surface area contributed by atoms with Crippen LogP contribution in [0.1, 0.15) is 0 Å². The van der Waals surface area contributed by atoms with E-state index in [2.05, 4.69) is 46.4 Å². The monoisotopic (exact) mass is 488 g/mol. The molecule has 0 aliphatic rings. The lowest BCUT2D eigenvalue weighted by Crippen LogP contribution is -2.01. The van der Waals surface area contributed by atoms with E-state index in [1.165, 1.54) is 0 Å². The Labute approximate surface area is 218 Å². The van der Waals surface area contributed by atoms with Crippen LogP contribution in [0.5, 0.6) is 0 Å². The van der Waals surface area contributed by atoms with Crippen LogP contribution in [0, 0.1) is 0 Å². The third kappa shape index (κ3) is 3.85. The Bertz CT molecular complexity index is 1750. The van der Waals surface area contributed by atoms with Crippen molar-refractivity contribution in [1.82, 2.24) is 29.9 Å². The molecule has 7 rings (SSSR count). The normalized spacial score (nSPS) is 11.2. The molecule has 0 saturated carbocycles. The van der Waals surface area contributed by atoms with Crippen molar-refractivity contribution >= 4 is 21.8 Å². The topological polar surface area (TPSA) is 77.3 Å². The molecule has 0 atom stereocenters. The quantitative estimate of drug-likeness (QED) is 0.248. The summed E-state index contributed by atoms with van der Waals surface area (Å²) in [5.74, 6) is 1.09. The Balaban J connectivity index is 1.62. The average molecular weight is 489 g/mol. The van der Waals surface area contributed by atoms with E-state index >= 15 is 0 Å². The standard InChI is InChI=1S/C32H20N6/c1-3-11-21(12-4-1)27-23-17-18-24-28(22-13-5-2-6-14-22)36-32(26-16-8-10-20-34-26)38-30(24)29(23)37-31(35-27)25-15-7-9-19-33-25/h1-20H. The summed E-state index contributed by atoms with van der Waals surface area (Å²) in [7, 11) is 0. The first-order chi connectivity index (χ1) is 18.8. The molecular weight excluding hydrogens is 468 g/mol. The van der Waals surface area contributed by atoms with Gasteiger partial charge in [-0.25, -0.2) is 19.9 Å². The summed E-state index contributed by atoms with van der Waals surface area (Å²) in [5, 5.41) is 1.82. The van der Waals surface area contributed by atoms with E-state index < -0.39 is 0 Å². The average Bonchev–Trinajstić information content (AvgIpc) is 3.01. The zero-order valence-electron chi connectivity index (χ0n) is 20.2. The Morgan fingerprint density at radius 2 is 0.789 bits per heavy atom. The van der Waals surface area contributed by atoms with Crippen LogP contribution in [-0.4, -0.2) is 29.9 Å². The molecule has 0 unspecified atom stereocenters. The van der Waals surface area contributed by atoms with Gasteiger partial charge >= 0.3 is 0 Å². The van der Waals surface area contributed by atoms with Gasteiger partial charge in [-0.15, -0.1) is 0 Å². The molecule has 0 saturated heterocycles. The number of hydrogen-bond acceptors (Lipinski definition) is 6. The third-order valence-electron chi connectivity index (χ3n) is 6.41. The fourth-order valence-electron chi connectivity index (χ4n) is 4.63. The van der Waals surface area contributed by atoms with Gasteiger partial charge in [-0.1, -0.05) is 72.8 Å². The van der Waals surface area contributed by atoms with E-state index in [-0.39, 0.29) is 0 Å². The fraction of sp³-hybridized carbons (Fsp3) is 0. The molecule has 0 spiro atoms. The molecular formula is C32H20N6. The van der Waals surface area contributed by atoms with E-state index in [1.807, 2.05) is 72.8 Å². The summed E-state index contributed by atoms with van der Waals surface area (Å²) < 4.78 is 0. The van der Waals surface area contributed by atoms with E-state index in [4.69, 9.17) is 19.9 Å². The predicted molar refractivity (Wildman–Crippen MR) is 150 cm³/mol. The molecule has 0 amide bonds. The molecule has 38 heavy (non-hydrogen) atoms. The lowest BCUT2D eigenvalue weighted by atomic mass is 10.0. The van der Waals surface area contributed by atoms with Gasteiger partial charge < -0.3 is 0 Å². The molecule has 178 valence electrons. The van der Waals surface area contributed by atoms with E-state index in [1.54, 1.807) is 12.4 Å². The lowest BCUT2D eigenvalue weighted by molar-refractivity contribution is 1.16. The van der Waals surface area contributed by atoms with Gasteiger partial charge in [0, 0.05) is 34.3 Å². The third-order valence-corrected chi connectivity index (χ3v) is 6.41. The molecule has 0 N–H and O–H groups in total. The highest BCUT2D eigenvalue weighted by Gasteiger charge is 2.19. The fourth-order valence-corrected chi connectivity index (χ4v) is 4.63. The maximum Gasteiger partial charge on any atom is 0.179 e. The summed E-state index contributed by atoms with van der Waals surface area (Å²) in [4.78, 5) is 29.1. The van der Waals surface area contributed by atoms with Crippen molar-refractivity contribution in [3.05, 3.63) is 122 Å². The number of fused-ring (bicyclic) bond motifs is 3. The summed E-state index contributed by atoms with van der Waals surface area (Å²) in [6.07, 6.45) is 3.51. The van der Waals surface area contributed by atoms with Gasteiger partial charge in [0.25, 0.3) is 0 Å². The van der Waals surface area contributed by atoms with Crippen LogP contribution in [-0.2, 0) is 0 Å². The number of hydrogen-bond donors (Lipinski definition) is 0. The molecule has 7 aromatic rings. The van der Waals surface area contributed by atoms with Gasteiger partial charge in [-0.2, -0.15) is 0 Å². The molecule has 4 aromatic heterocycles. The van der Waals surface area contributed by atoms with Crippen LogP contribution < -0.4 is 0 Å². The molecule has 0 radical (unpaired) electrons. The van der Waals surface area contributed by atoms with E-state index in [9.17, 15) is 0 Å². The lowest BCUT2D eigenvalue weighted by Gasteiger charge is -2.13. The Morgan fingerprint density at radius 3 is 1.18 bits per heavy atom. The molecule has 0 aliphatic heterocycles. The molecule has 6 nitrogen and oxygen atoms in total. The van der Waals surface area contributed by atoms with Crippen LogP contribution in [0.2, 0.25) is 0 Å². The minimum Gasteiger partial charge on any atom is -0.253 e. The van der Waals surface area contributed by atoms with Crippen molar-refractivity contribution in [3.8, 4) is 45.6 Å². The van der Waals surface area contributed by atoms with Crippen LogP contribution in [0.15, 0.2) is 122 Å².